The molecule has 0 spiro atoms. The SMILES string of the molecule is C[C@@H]1N(C(=O)c2ccc(C(F)(F)F)cc2)CC(O)O[C@]1(Cn1cncn1)c1ccc(F)cc1F. The number of carbonyl (C=O) groups is 1. The number of amides is 1. The van der Waals surface area contributed by atoms with E-state index in [2.05, 4.69) is 10.1 Å². The molecule has 0 bridgehead atoms. The molecule has 7 nitrogen and oxygen atoms in total. The molecule has 1 amide bonds. The molecule has 0 radical (unpaired) electrons. The zero-order valence-corrected chi connectivity index (χ0v) is 17.7. The molecule has 180 valence electrons. The second kappa shape index (κ2) is 8.76. The van der Waals surface area contributed by atoms with Crippen LogP contribution in [-0.2, 0) is 23.1 Å². The minimum absolute atomic E-state index is 0.0665. The molecule has 1 aromatic heterocycles. The number of carbonyl (C=O) groups excluding carboxylic acids is 1. The molecule has 4 rings (SSSR count). The Morgan fingerprint density at radius 1 is 1.21 bits per heavy atom. The summed E-state index contributed by atoms with van der Waals surface area (Å²) in [5.41, 5.74) is -2.86. The van der Waals surface area contributed by atoms with E-state index in [-0.39, 0.29) is 24.2 Å². The highest BCUT2D eigenvalue weighted by atomic mass is 19.4. The summed E-state index contributed by atoms with van der Waals surface area (Å²) in [4.78, 5) is 18.3. The van der Waals surface area contributed by atoms with Crippen molar-refractivity contribution in [3.8, 4) is 0 Å². The molecule has 3 atom stereocenters. The number of halogens is 5. The Balaban J connectivity index is 1.76. The molecule has 1 aliphatic heterocycles. The number of aliphatic hydroxyl groups is 1. The van der Waals surface area contributed by atoms with Crippen LogP contribution >= 0.6 is 0 Å². The second-order valence-electron chi connectivity index (χ2n) is 7.89. The number of hydrogen-bond donors (Lipinski definition) is 1. The Labute approximate surface area is 190 Å². The van der Waals surface area contributed by atoms with Gasteiger partial charge in [0.1, 0.15) is 29.9 Å². The molecule has 2 heterocycles. The van der Waals surface area contributed by atoms with E-state index < -0.39 is 47.2 Å². The van der Waals surface area contributed by atoms with Crippen LogP contribution < -0.4 is 0 Å². The molecule has 1 aliphatic rings. The van der Waals surface area contributed by atoms with Gasteiger partial charge < -0.3 is 14.7 Å². The van der Waals surface area contributed by atoms with Crippen molar-refractivity contribution in [3.63, 3.8) is 0 Å². The quantitative estimate of drug-likeness (QED) is 0.577. The third-order valence-corrected chi connectivity index (χ3v) is 5.81. The Hall–Kier alpha value is -3.38. The normalized spacial score (nSPS) is 23.2. The highest BCUT2D eigenvalue weighted by molar-refractivity contribution is 5.94. The number of nitrogens with zero attached hydrogens (tertiary/aromatic N) is 4. The minimum Gasteiger partial charge on any atom is -0.366 e. The first-order valence-electron chi connectivity index (χ1n) is 10.1. The van der Waals surface area contributed by atoms with Crippen molar-refractivity contribution in [3.05, 3.63) is 83.4 Å². The Morgan fingerprint density at radius 3 is 2.50 bits per heavy atom. The Kier molecular flexibility index (Phi) is 6.13. The molecule has 3 aromatic rings. The highest BCUT2D eigenvalue weighted by Crippen LogP contribution is 2.40. The molecule has 2 aromatic carbocycles. The maximum Gasteiger partial charge on any atom is 0.416 e. The first kappa shape index (κ1) is 23.8. The summed E-state index contributed by atoms with van der Waals surface area (Å²) in [6.45, 7) is 1.00. The lowest BCUT2D eigenvalue weighted by molar-refractivity contribution is -0.255. The van der Waals surface area contributed by atoms with Crippen LogP contribution in [0.3, 0.4) is 0 Å². The molecule has 0 saturated carbocycles. The fourth-order valence-electron chi connectivity index (χ4n) is 4.11. The van der Waals surface area contributed by atoms with E-state index in [0.29, 0.717) is 6.07 Å². The number of aromatic nitrogens is 3. The van der Waals surface area contributed by atoms with E-state index in [1.54, 1.807) is 0 Å². The van der Waals surface area contributed by atoms with Crippen LogP contribution in [0.4, 0.5) is 22.0 Å². The van der Waals surface area contributed by atoms with Crippen molar-refractivity contribution in [2.24, 2.45) is 0 Å². The van der Waals surface area contributed by atoms with Gasteiger partial charge in [0, 0.05) is 17.2 Å². The second-order valence-corrected chi connectivity index (χ2v) is 7.89. The fraction of sp³-hybridized carbons (Fsp3) is 0.318. The fourth-order valence-corrected chi connectivity index (χ4v) is 4.11. The van der Waals surface area contributed by atoms with Crippen LogP contribution in [0.1, 0.15) is 28.4 Å². The lowest BCUT2D eigenvalue weighted by Gasteiger charge is -2.50. The summed E-state index contributed by atoms with van der Waals surface area (Å²) in [5, 5.41) is 14.5. The van der Waals surface area contributed by atoms with Crippen molar-refractivity contribution in [2.45, 2.75) is 37.6 Å². The van der Waals surface area contributed by atoms with Gasteiger partial charge in [0.15, 0.2) is 6.29 Å². The van der Waals surface area contributed by atoms with Gasteiger partial charge in [-0.05, 0) is 37.3 Å². The van der Waals surface area contributed by atoms with Gasteiger partial charge in [-0.1, -0.05) is 6.07 Å². The summed E-state index contributed by atoms with van der Waals surface area (Å²) >= 11 is 0. The van der Waals surface area contributed by atoms with Crippen molar-refractivity contribution >= 4 is 5.91 Å². The number of hydrogen-bond acceptors (Lipinski definition) is 5. The Bertz CT molecular complexity index is 1170. The predicted molar refractivity (Wildman–Crippen MR) is 107 cm³/mol. The van der Waals surface area contributed by atoms with E-state index in [0.717, 1.165) is 36.4 Å². The zero-order valence-electron chi connectivity index (χ0n) is 17.7. The van der Waals surface area contributed by atoms with Gasteiger partial charge in [0.25, 0.3) is 5.91 Å². The third kappa shape index (κ3) is 4.38. The minimum atomic E-state index is -4.57. The molecule has 1 fully saturated rings. The van der Waals surface area contributed by atoms with Crippen molar-refractivity contribution in [2.75, 3.05) is 6.54 Å². The molecule has 1 N–H and O–H groups in total. The lowest BCUT2D eigenvalue weighted by Crippen LogP contribution is -2.63. The topological polar surface area (TPSA) is 80.5 Å². The maximum atomic E-state index is 15.0. The molecule has 12 heteroatoms. The number of aliphatic hydroxyl groups excluding tert-OH is 1. The summed E-state index contributed by atoms with van der Waals surface area (Å²) in [7, 11) is 0. The van der Waals surface area contributed by atoms with Gasteiger partial charge in [-0.2, -0.15) is 18.3 Å². The number of ether oxygens (including phenoxy) is 1. The Morgan fingerprint density at radius 2 is 1.91 bits per heavy atom. The van der Waals surface area contributed by atoms with Crippen molar-refractivity contribution < 1.29 is 36.6 Å². The van der Waals surface area contributed by atoms with Crippen molar-refractivity contribution in [1.29, 1.82) is 0 Å². The number of alkyl halides is 3. The first-order valence-corrected chi connectivity index (χ1v) is 10.1. The number of β-amino-alcohol motifs (C(OH)–C–C–N with tert-alkyl or cyclic N) is 1. The molecule has 0 aliphatic carbocycles. The number of rotatable bonds is 4. The van der Waals surface area contributed by atoms with Gasteiger partial charge in [-0.3, -0.25) is 4.79 Å². The molecule has 34 heavy (non-hydrogen) atoms. The molecular weight excluding hydrogens is 463 g/mol. The summed E-state index contributed by atoms with van der Waals surface area (Å²) in [5.74, 6) is -2.50. The number of benzene rings is 2. The summed E-state index contributed by atoms with van der Waals surface area (Å²) < 4.78 is 74.4. The van der Waals surface area contributed by atoms with Crippen molar-refractivity contribution in [1.82, 2.24) is 19.7 Å². The van der Waals surface area contributed by atoms with Crippen LogP contribution in [-0.4, -0.2) is 49.6 Å². The van der Waals surface area contributed by atoms with Crippen LogP contribution in [0.25, 0.3) is 0 Å². The van der Waals surface area contributed by atoms with E-state index in [1.807, 2.05) is 0 Å². The summed E-state index contributed by atoms with van der Waals surface area (Å²) in [6, 6.07) is 5.45. The average Bonchev–Trinajstić information content (AvgIpc) is 3.28. The molecule has 1 saturated heterocycles. The zero-order chi connectivity index (χ0) is 24.7. The number of morpholine rings is 1. The third-order valence-electron chi connectivity index (χ3n) is 5.81. The average molecular weight is 482 g/mol. The molecular formula is C22H19F5N4O3. The van der Waals surface area contributed by atoms with E-state index >= 15 is 0 Å². The van der Waals surface area contributed by atoms with Gasteiger partial charge >= 0.3 is 6.18 Å². The van der Waals surface area contributed by atoms with E-state index in [9.17, 15) is 31.9 Å². The van der Waals surface area contributed by atoms with Gasteiger partial charge in [0.2, 0.25) is 0 Å². The van der Waals surface area contributed by atoms with Gasteiger partial charge in [-0.25, -0.2) is 18.4 Å². The summed E-state index contributed by atoms with van der Waals surface area (Å²) in [6.07, 6.45) is -3.61. The van der Waals surface area contributed by atoms with Gasteiger partial charge in [-0.15, -0.1) is 0 Å². The first-order chi connectivity index (χ1) is 16.0. The monoisotopic (exact) mass is 482 g/mol. The van der Waals surface area contributed by atoms with Crippen LogP contribution in [0, 0.1) is 11.6 Å². The lowest BCUT2D eigenvalue weighted by atomic mass is 9.83. The maximum absolute atomic E-state index is 15.0. The standard InChI is InChI=1S/C22H19F5N4O3/c1-13-21(10-30-12-28-11-29-30,17-7-6-16(23)8-18(17)24)34-19(32)9-31(13)20(33)14-2-4-15(5-3-14)22(25,26)27/h2-8,11-13,19,32H,9-10H2,1H3/t13-,19?,21-/m0/s1. The van der Waals surface area contributed by atoms with E-state index in [4.69, 9.17) is 4.74 Å². The van der Waals surface area contributed by atoms with Crippen LogP contribution in [0.15, 0.2) is 55.1 Å². The van der Waals surface area contributed by atoms with Crippen LogP contribution in [0.5, 0.6) is 0 Å². The van der Waals surface area contributed by atoms with Crippen LogP contribution in [0.2, 0.25) is 0 Å². The van der Waals surface area contributed by atoms with E-state index in [1.165, 1.54) is 29.2 Å². The highest BCUT2D eigenvalue weighted by Gasteiger charge is 2.51. The smallest absolute Gasteiger partial charge is 0.366 e. The largest absolute Gasteiger partial charge is 0.416 e. The molecule has 1 unspecified atom stereocenters. The van der Waals surface area contributed by atoms with Gasteiger partial charge in [0.05, 0.1) is 24.7 Å². The predicted octanol–water partition coefficient (Wildman–Crippen LogP) is 3.35.